The molecule has 0 heterocycles. The number of rotatable bonds is 6. The molecule has 0 aliphatic rings. The zero-order valence-electron chi connectivity index (χ0n) is 13.2. The molecule has 2 nitrogen and oxygen atoms in total. The Labute approximate surface area is 131 Å². The number of amides is 1. The lowest BCUT2D eigenvalue weighted by molar-refractivity contribution is 0.0640. The highest BCUT2D eigenvalue weighted by Gasteiger charge is 2.23. The average Bonchev–Trinajstić information content (AvgIpc) is 2.41. The van der Waals surface area contributed by atoms with E-state index in [0.717, 1.165) is 35.0 Å². The lowest BCUT2D eigenvalue weighted by Gasteiger charge is -2.32. The van der Waals surface area contributed by atoms with Crippen molar-refractivity contribution in [2.45, 2.75) is 53.5 Å². The fourth-order valence-electron chi connectivity index (χ4n) is 2.46. The number of carbonyl (C=O) groups excluding carboxylic acids is 1. The van der Waals surface area contributed by atoms with Gasteiger partial charge >= 0.3 is 0 Å². The molecule has 0 radical (unpaired) electrons. The first kappa shape index (κ1) is 17.2. The van der Waals surface area contributed by atoms with Crippen LogP contribution in [0.3, 0.4) is 0 Å². The van der Waals surface area contributed by atoms with Crippen LogP contribution in [0.2, 0.25) is 0 Å². The molecule has 0 aromatic heterocycles. The second-order valence-electron chi connectivity index (χ2n) is 5.79. The van der Waals surface area contributed by atoms with Gasteiger partial charge in [0.1, 0.15) is 0 Å². The summed E-state index contributed by atoms with van der Waals surface area (Å²) in [5.41, 5.74) is 1.89. The van der Waals surface area contributed by atoms with E-state index in [1.54, 1.807) is 0 Å². The third-order valence-corrected chi connectivity index (χ3v) is 4.50. The van der Waals surface area contributed by atoms with Crippen molar-refractivity contribution >= 4 is 21.8 Å². The van der Waals surface area contributed by atoms with E-state index in [9.17, 15) is 4.79 Å². The molecule has 0 aliphatic carbocycles. The predicted octanol–water partition coefficient (Wildman–Crippen LogP) is 5.04. The third-order valence-electron chi connectivity index (χ3n) is 3.61. The summed E-state index contributed by atoms with van der Waals surface area (Å²) >= 11 is 3.49. The van der Waals surface area contributed by atoms with Crippen LogP contribution < -0.4 is 0 Å². The third kappa shape index (κ3) is 4.34. The van der Waals surface area contributed by atoms with Crippen molar-refractivity contribution in [2.75, 3.05) is 6.54 Å². The molecule has 0 saturated carbocycles. The van der Waals surface area contributed by atoms with Gasteiger partial charge < -0.3 is 4.90 Å². The maximum Gasteiger partial charge on any atom is 0.254 e. The highest BCUT2D eigenvalue weighted by atomic mass is 79.9. The first-order valence-corrected chi connectivity index (χ1v) is 8.27. The van der Waals surface area contributed by atoms with Crippen molar-refractivity contribution in [3.8, 4) is 0 Å². The largest absolute Gasteiger partial charge is 0.335 e. The summed E-state index contributed by atoms with van der Waals surface area (Å²) in [4.78, 5) is 14.9. The summed E-state index contributed by atoms with van der Waals surface area (Å²) in [6.07, 6.45) is 2.01. The smallest absolute Gasteiger partial charge is 0.254 e. The van der Waals surface area contributed by atoms with E-state index in [1.165, 1.54) is 0 Å². The predicted molar refractivity (Wildman–Crippen MR) is 89.1 cm³/mol. The molecule has 1 aromatic rings. The molecule has 20 heavy (non-hydrogen) atoms. The Morgan fingerprint density at radius 1 is 1.25 bits per heavy atom. The van der Waals surface area contributed by atoms with Crippen LogP contribution in [-0.2, 0) is 0 Å². The molecule has 0 fully saturated rings. The van der Waals surface area contributed by atoms with Gasteiger partial charge in [-0.25, -0.2) is 0 Å². The summed E-state index contributed by atoms with van der Waals surface area (Å²) < 4.78 is 1.05. The topological polar surface area (TPSA) is 20.3 Å². The maximum atomic E-state index is 12.8. The van der Waals surface area contributed by atoms with Crippen LogP contribution in [0.4, 0.5) is 0 Å². The maximum absolute atomic E-state index is 12.8. The molecule has 0 unspecified atom stereocenters. The summed E-state index contributed by atoms with van der Waals surface area (Å²) in [5, 5.41) is 0. The quantitative estimate of drug-likeness (QED) is 0.710. The van der Waals surface area contributed by atoms with Crippen LogP contribution in [0.1, 0.15) is 56.5 Å². The normalized spacial score (nSPS) is 11.2. The van der Waals surface area contributed by atoms with Gasteiger partial charge in [0.15, 0.2) is 0 Å². The molecule has 112 valence electrons. The minimum absolute atomic E-state index is 0.156. The highest BCUT2D eigenvalue weighted by Crippen LogP contribution is 2.20. The van der Waals surface area contributed by atoms with Gasteiger partial charge in [-0.3, -0.25) is 4.79 Å². The Morgan fingerprint density at radius 3 is 2.30 bits per heavy atom. The molecular formula is C17H26BrNO. The molecule has 0 bridgehead atoms. The van der Waals surface area contributed by atoms with Crippen LogP contribution >= 0.6 is 15.9 Å². The fraction of sp³-hybridized carbons (Fsp3) is 0.588. The van der Waals surface area contributed by atoms with Crippen molar-refractivity contribution in [3.05, 3.63) is 33.8 Å². The van der Waals surface area contributed by atoms with E-state index in [-0.39, 0.29) is 5.91 Å². The summed E-state index contributed by atoms with van der Waals surface area (Å²) in [6, 6.07) is 6.18. The van der Waals surface area contributed by atoms with Crippen LogP contribution in [0.5, 0.6) is 0 Å². The number of hydrogen-bond acceptors (Lipinski definition) is 1. The molecule has 0 atom stereocenters. The molecule has 0 aliphatic heterocycles. The Morgan fingerprint density at radius 2 is 1.85 bits per heavy atom. The van der Waals surface area contributed by atoms with E-state index in [0.29, 0.717) is 12.0 Å². The highest BCUT2D eigenvalue weighted by molar-refractivity contribution is 9.10. The number of hydrogen-bond donors (Lipinski definition) is 0. The summed E-state index contributed by atoms with van der Waals surface area (Å²) in [7, 11) is 0. The van der Waals surface area contributed by atoms with Gasteiger partial charge in [0.2, 0.25) is 0 Å². The van der Waals surface area contributed by atoms with Crippen LogP contribution in [-0.4, -0.2) is 23.4 Å². The van der Waals surface area contributed by atoms with Gasteiger partial charge in [0.05, 0.1) is 0 Å². The first-order valence-electron chi connectivity index (χ1n) is 7.47. The summed E-state index contributed by atoms with van der Waals surface area (Å²) in [5.74, 6) is 0.638. The van der Waals surface area contributed by atoms with Crippen LogP contribution in [0.15, 0.2) is 22.7 Å². The Hall–Kier alpha value is -0.830. The van der Waals surface area contributed by atoms with Crippen molar-refractivity contribution in [1.29, 1.82) is 0 Å². The SMILES string of the molecule is CCC(CC)N(CC(C)C)C(=O)c1ccc(Br)c(C)c1. The van der Waals surface area contributed by atoms with Gasteiger partial charge in [-0.2, -0.15) is 0 Å². The van der Waals surface area contributed by atoms with E-state index in [2.05, 4.69) is 43.6 Å². The molecule has 1 aromatic carbocycles. The standard InChI is InChI=1S/C17H26BrNO/c1-6-15(7-2)19(11-12(3)4)17(20)14-8-9-16(18)13(5)10-14/h8-10,12,15H,6-7,11H2,1-5H3. The number of carbonyl (C=O) groups is 1. The van der Waals surface area contributed by atoms with E-state index in [1.807, 2.05) is 30.0 Å². The van der Waals surface area contributed by atoms with E-state index < -0.39 is 0 Å². The molecule has 0 N–H and O–H groups in total. The zero-order valence-corrected chi connectivity index (χ0v) is 14.8. The Bertz CT molecular complexity index is 452. The molecule has 3 heteroatoms. The lowest BCUT2D eigenvalue weighted by atomic mass is 10.0. The Kier molecular flexibility index (Phi) is 6.74. The van der Waals surface area contributed by atoms with Crippen LogP contribution in [0, 0.1) is 12.8 Å². The van der Waals surface area contributed by atoms with Gasteiger partial charge in [0.25, 0.3) is 5.91 Å². The molecule has 0 saturated heterocycles. The lowest BCUT2D eigenvalue weighted by Crippen LogP contribution is -2.42. The summed E-state index contributed by atoms with van der Waals surface area (Å²) in [6.45, 7) is 11.5. The van der Waals surface area contributed by atoms with Crippen molar-refractivity contribution in [3.63, 3.8) is 0 Å². The second kappa shape index (κ2) is 7.82. The van der Waals surface area contributed by atoms with Gasteiger partial charge in [-0.15, -0.1) is 0 Å². The van der Waals surface area contributed by atoms with Gasteiger partial charge in [-0.05, 0) is 49.4 Å². The molecule has 0 spiro atoms. The van der Waals surface area contributed by atoms with Crippen molar-refractivity contribution in [1.82, 2.24) is 4.90 Å². The Balaban J connectivity index is 3.05. The zero-order chi connectivity index (χ0) is 15.3. The first-order chi connectivity index (χ1) is 9.40. The second-order valence-corrected chi connectivity index (χ2v) is 6.64. The number of aryl methyl sites for hydroxylation is 1. The van der Waals surface area contributed by atoms with Crippen LogP contribution in [0.25, 0.3) is 0 Å². The number of halogens is 1. The minimum Gasteiger partial charge on any atom is -0.335 e. The molecule has 1 rings (SSSR count). The van der Waals surface area contributed by atoms with Crippen molar-refractivity contribution < 1.29 is 4.79 Å². The van der Waals surface area contributed by atoms with E-state index in [4.69, 9.17) is 0 Å². The van der Waals surface area contributed by atoms with Gasteiger partial charge in [0, 0.05) is 22.6 Å². The minimum atomic E-state index is 0.156. The average molecular weight is 340 g/mol. The number of nitrogens with zero attached hydrogens (tertiary/aromatic N) is 1. The van der Waals surface area contributed by atoms with Crippen molar-refractivity contribution in [2.24, 2.45) is 5.92 Å². The fourth-order valence-corrected chi connectivity index (χ4v) is 2.71. The molecule has 1 amide bonds. The number of benzene rings is 1. The molecular weight excluding hydrogens is 314 g/mol. The monoisotopic (exact) mass is 339 g/mol. The van der Waals surface area contributed by atoms with E-state index >= 15 is 0 Å². The van der Waals surface area contributed by atoms with Gasteiger partial charge in [-0.1, -0.05) is 43.6 Å².